The molecule has 0 atom stereocenters. The summed E-state index contributed by atoms with van der Waals surface area (Å²) in [5.41, 5.74) is 3.38. The summed E-state index contributed by atoms with van der Waals surface area (Å²) in [6, 6.07) is 15.6. The average molecular weight is 338 g/mol. The van der Waals surface area contributed by atoms with Crippen LogP contribution in [0.4, 0.5) is 14.9 Å². The molecule has 2 N–H and O–H groups in total. The first-order chi connectivity index (χ1) is 12.0. The lowest BCUT2D eigenvalue weighted by Gasteiger charge is -2.10. The number of benzene rings is 2. The third-order valence-electron chi connectivity index (χ3n) is 3.74. The molecular formula is C19H19FN4O. The number of rotatable bonds is 4. The molecular weight excluding hydrogens is 319 g/mol. The van der Waals surface area contributed by atoms with Crippen molar-refractivity contribution >= 4 is 11.7 Å². The Balaban J connectivity index is 1.66. The van der Waals surface area contributed by atoms with Gasteiger partial charge in [0.2, 0.25) is 0 Å². The van der Waals surface area contributed by atoms with Gasteiger partial charge in [0.05, 0.1) is 5.69 Å². The first-order valence-corrected chi connectivity index (χ1v) is 7.95. The number of urea groups is 1. The summed E-state index contributed by atoms with van der Waals surface area (Å²) in [6.45, 7) is 4.12. The summed E-state index contributed by atoms with van der Waals surface area (Å²) in [5, 5.41) is 9.64. The summed E-state index contributed by atoms with van der Waals surface area (Å²) < 4.78 is 15.9. The second-order valence-electron chi connectivity index (χ2n) is 5.80. The number of hydrogen-bond donors (Lipinski definition) is 2. The van der Waals surface area contributed by atoms with Crippen molar-refractivity contribution < 1.29 is 9.18 Å². The molecule has 0 saturated heterocycles. The van der Waals surface area contributed by atoms with E-state index in [0.29, 0.717) is 17.9 Å². The highest BCUT2D eigenvalue weighted by Gasteiger charge is 2.11. The van der Waals surface area contributed by atoms with Crippen LogP contribution in [-0.4, -0.2) is 15.8 Å². The van der Waals surface area contributed by atoms with Crippen LogP contribution in [0, 0.1) is 19.7 Å². The van der Waals surface area contributed by atoms with Crippen molar-refractivity contribution in [2.24, 2.45) is 0 Å². The first-order valence-electron chi connectivity index (χ1n) is 7.95. The number of carbonyl (C=O) groups is 1. The number of amides is 2. The molecule has 0 aliphatic carbocycles. The summed E-state index contributed by atoms with van der Waals surface area (Å²) in [6.07, 6.45) is 0. The number of anilines is 1. The molecule has 1 aromatic heterocycles. The van der Waals surface area contributed by atoms with Crippen molar-refractivity contribution in [1.29, 1.82) is 0 Å². The highest BCUT2D eigenvalue weighted by Crippen LogP contribution is 2.19. The topological polar surface area (TPSA) is 59.0 Å². The average Bonchev–Trinajstić information content (AvgIpc) is 2.92. The van der Waals surface area contributed by atoms with Gasteiger partial charge in [-0.1, -0.05) is 30.3 Å². The fraction of sp³-hybridized carbons (Fsp3) is 0.158. The van der Waals surface area contributed by atoms with Crippen molar-refractivity contribution in [3.63, 3.8) is 0 Å². The standard InChI is InChI=1S/C19H19FN4O/c1-13-10-14(2)24(23-13)18-9-8-16(11-17(18)20)22-19(25)21-12-15-6-4-3-5-7-15/h3-11H,12H2,1-2H3,(H2,21,22,25). The number of aryl methyl sites for hydroxylation is 2. The fourth-order valence-electron chi connectivity index (χ4n) is 2.58. The number of nitrogens with zero attached hydrogens (tertiary/aromatic N) is 2. The number of halogens is 1. The minimum atomic E-state index is -0.452. The Labute approximate surface area is 145 Å². The van der Waals surface area contributed by atoms with E-state index in [-0.39, 0.29) is 6.03 Å². The zero-order valence-corrected chi connectivity index (χ0v) is 14.1. The monoisotopic (exact) mass is 338 g/mol. The van der Waals surface area contributed by atoms with E-state index < -0.39 is 5.82 Å². The van der Waals surface area contributed by atoms with Gasteiger partial charge in [0.15, 0.2) is 5.82 Å². The summed E-state index contributed by atoms with van der Waals surface area (Å²) in [4.78, 5) is 11.9. The predicted octanol–water partition coefficient (Wildman–Crippen LogP) is 3.95. The molecule has 128 valence electrons. The Kier molecular flexibility index (Phi) is 4.79. The maximum Gasteiger partial charge on any atom is 0.319 e. The van der Waals surface area contributed by atoms with Gasteiger partial charge in [-0.2, -0.15) is 5.10 Å². The third-order valence-corrected chi connectivity index (χ3v) is 3.74. The Morgan fingerprint density at radius 3 is 2.52 bits per heavy atom. The Hall–Kier alpha value is -3.15. The molecule has 5 nitrogen and oxygen atoms in total. The summed E-state index contributed by atoms with van der Waals surface area (Å²) >= 11 is 0. The van der Waals surface area contributed by atoms with E-state index in [9.17, 15) is 9.18 Å². The molecule has 0 unspecified atom stereocenters. The van der Waals surface area contributed by atoms with E-state index in [4.69, 9.17) is 0 Å². The van der Waals surface area contributed by atoms with Crippen molar-refractivity contribution in [1.82, 2.24) is 15.1 Å². The van der Waals surface area contributed by atoms with Gasteiger partial charge in [-0.25, -0.2) is 13.9 Å². The number of hydrogen-bond acceptors (Lipinski definition) is 2. The van der Waals surface area contributed by atoms with Crippen LogP contribution < -0.4 is 10.6 Å². The minimum Gasteiger partial charge on any atom is -0.334 e. The maximum absolute atomic E-state index is 14.4. The van der Waals surface area contributed by atoms with Crippen molar-refractivity contribution in [2.45, 2.75) is 20.4 Å². The van der Waals surface area contributed by atoms with Crippen LogP contribution >= 0.6 is 0 Å². The molecule has 0 spiro atoms. The molecule has 0 bridgehead atoms. The fourth-order valence-corrected chi connectivity index (χ4v) is 2.58. The molecule has 0 saturated carbocycles. The highest BCUT2D eigenvalue weighted by atomic mass is 19.1. The highest BCUT2D eigenvalue weighted by molar-refractivity contribution is 5.89. The number of aromatic nitrogens is 2. The molecule has 0 radical (unpaired) electrons. The van der Waals surface area contributed by atoms with Gasteiger partial charge < -0.3 is 10.6 Å². The lowest BCUT2D eigenvalue weighted by Crippen LogP contribution is -2.28. The Morgan fingerprint density at radius 1 is 1.12 bits per heavy atom. The molecule has 3 aromatic rings. The molecule has 3 rings (SSSR count). The molecule has 2 aromatic carbocycles. The predicted molar refractivity (Wildman–Crippen MR) is 95.3 cm³/mol. The van der Waals surface area contributed by atoms with Crippen LogP contribution in [0.15, 0.2) is 54.6 Å². The Morgan fingerprint density at radius 2 is 1.88 bits per heavy atom. The van der Waals surface area contributed by atoms with Crippen LogP contribution in [0.3, 0.4) is 0 Å². The van der Waals surface area contributed by atoms with E-state index in [1.54, 1.807) is 16.8 Å². The third kappa shape index (κ3) is 4.03. The van der Waals surface area contributed by atoms with Gasteiger partial charge in [-0.05, 0) is 43.7 Å². The van der Waals surface area contributed by atoms with Gasteiger partial charge in [-0.15, -0.1) is 0 Å². The summed E-state index contributed by atoms with van der Waals surface area (Å²) in [7, 11) is 0. The molecule has 1 heterocycles. The molecule has 25 heavy (non-hydrogen) atoms. The SMILES string of the molecule is Cc1cc(C)n(-c2ccc(NC(=O)NCc3ccccc3)cc2F)n1. The van der Waals surface area contributed by atoms with Gasteiger partial charge >= 0.3 is 6.03 Å². The van der Waals surface area contributed by atoms with E-state index in [1.165, 1.54) is 6.07 Å². The molecule has 2 amide bonds. The zero-order valence-electron chi connectivity index (χ0n) is 14.1. The van der Waals surface area contributed by atoms with Crippen molar-refractivity contribution in [2.75, 3.05) is 5.32 Å². The van der Waals surface area contributed by atoms with Crippen LogP contribution in [0.5, 0.6) is 0 Å². The minimum absolute atomic E-state index is 0.348. The second-order valence-corrected chi connectivity index (χ2v) is 5.80. The van der Waals surface area contributed by atoms with Crippen molar-refractivity contribution in [3.05, 3.63) is 77.4 Å². The van der Waals surface area contributed by atoms with E-state index in [2.05, 4.69) is 15.7 Å². The van der Waals surface area contributed by atoms with Gasteiger partial charge in [0.1, 0.15) is 5.69 Å². The van der Waals surface area contributed by atoms with Gasteiger partial charge in [-0.3, -0.25) is 0 Å². The lowest BCUT2D eigenvalue weighted by molar-refractivity contribution is 0.251. The summed E-state index contributed by atoms with van der Waals surface area (Å²) in [5.74, 6) is -0.452. The molecule has 0 aliphatic heterocycles. The number of nitrogens with one attached hydrogen (secondary N) is 2. The Bertz CT molecular complexity index is 890. The zero-order chi connectivity index (χ0) is 17.8. The second kappa shape index (κ2) is 7.17. The normalized spacial score (nSPS) is 10.5. The maximum atomic E-state index is 14.4. The molecule has 0 aliphatic rings. The van der Waals surface area contributed by atoms with E-state index >= 15 is 0 Å². The quantitative estimate of drug-likeness (QED) is 0.757. The van der Waals surface area contributed by atoms with Crippen LogP contribution in [0.2, 0.25) is 0 Å². The van der Waals surface area contributed by atoms with Crippen LogP contribution in [0.1, 0.15) is 17.0 Å². The molecule has 0 fully saturated rings. The molecule has 6 heteroatoms. The van der Waals surface area contributed by atoms with Gasteiger partial charge in [0.25, 0.3) is 0 Å². The van der Waals surface area contributed by atoms with E-state index in [1.807, 2.05) is 50.2 Å². The van der Waals surface area contributed by atoms with Crippen LogP contribution in [-0.2, 0) is 6.54 Å². The lowest BCUT2D eigenvalue weighted by atomic mass is 10.2. The smallest absolute Gasteiger partial charge is 0.319 e. The van der Waals surface area contributed by atoms with Gasteiger partial charge in [0, 0.05) is 17.9 Å². The number of carbonyl (C=O) groups excluding carboxylic acids is 1. The van der Waals surface area contributed by atoms with Crippen molar-refractivity contribution in [3.8, 4) is 5.69 Å². The first kappa shape index (κ1) is 16.7. The largest absolute Gasteiger partial charge is 0.334 e. The van der Waals surface area contributed by atoms with Crippen LogP contribution in [0.25, 0.3) is 5.69 Å². The van der Waals surface area contributed by atoms with E-state index in [0.717, 1.165) is 17.0 Å².